The third-order valence-electron chi connectivity index (χ3n) is 4.86. The molecule has 0 amide bonds. The molecule has 3 nitrogen and oxygen atoms in total. The van der Waals surface area contributed by atoms with Crippen LogP contribution < -0.4 is 14.0 Å². The molecular formula is C24H22NO2+. The average Bonchev–Trinajstić information content (AvgIpc) is 2.73. The molecule has 3 heteroatoms. The van der Waals surface area contributed by atoms with E-state index in [9.17, 15) is 0 Å². The summed E-state index contributed by atoms with van der Waals surface area (Å²) in [6, 6.07) is 25.0. The van der Waals surface area contributed by atoms with E-state index < -0.39 is 0 Å². The zero-order valence-electron chi connectivity index (χ0n) is 15.8. The lowest BCUT2D eigenvalue weighted by Gasteiger charge is -2.15. The van der Waals surface area contributed by atoms with E-state index >= 15 is 0 Å². The number of aromatic nitrogens is 1. The van der Waals surface area contributed by atoms with Crippen LogP contribution in [0.5, 0.6) is 11.5 Å². The molecule has 1 heterocycles. The minimum Gasteiger partial charge on any atom is -0.497 e. The molecule has 0 bridgehead atoms. The highest BCUT2D eigenvalue weighted by Crippen LogP contribution is 2.40. The average molecular weight is 356 g/mol. The number of methoxy groups -OCH3 is 2. The van der Waals surface area contributed by atoms with Crippen LogP contribution in [0.3, 0.4) is 0 Å². The molecule has 1 aromatic heterocycles. The Bertz CT molecular complexity index is 1090. The summed E-state index contributed by atoms with van der Waals surface area (Å²) >= 11 is 0. The number of hydrogen-bond donors (Lipinski definition) is 0. The summed E-state index contributed by atoms with van der Waals surface area (Å²) < 4.78 is 13.4. The van der Waals surface area contributed by atoms with Gasteiger partial charge in [-0.2, -0.15) is 4.57 Å². The van der Waals surface area contributed by atoms with Crippen molar-refractivity contribution in [1.29, 1.82) is 0 Å². The fraction of sp³-hybridized carbons (Fsp3) is 0.125. The molecule has 0 N–H and O–H groups in total. The van der Waals surface area contributed by atoms with Crippen LogP contribution in [0, 0.1) is 0 Å². The first-order valence-electron chi connectivity index (χ1n) is 8.92. The number of benzene rings is 3. The summed E-state index contributed by atoms with van der Waals surface area (Å²) in [5, 5.41) is 2.16. The molecule has 0 fully saturated rings. The Kier molecular flexibility index (Phi) is 4.51. The van der Waals surface area contributed by atoms with Gasteiger partial charge in [0.05, 0.1) is 25.2 Å². The molecule has 0 aliphatic heterocycles. The number of hydrogen-bond acceptors (Lipinski definition) is 2. The maximum absolute atomic E-state index is 5.67. The van der Waals surface area contributed by atoms with E-state index in [0.717, 1.165) is 33.5 Å². The van der Waals surface area contributed by atoms with Crippen molar-refractivity contribution >= 4 is 10.8 Å². The number of aryl methyl sites for hydroxylation is 1. The van der Waals surface area contributed by atoms with E-state index in [4.69, 9.17) is 9.47 Å². The van der Waals surface area contributed by atoms with Gasteiger partial charge in [0, 0.05) is 17.0 Å². The second-order valence-corrected chi connectivity index (χ2v) is 6.49. The molecule has 0 spiro atoms. The predicted octanol–water partition coefficient (Wildman–Crippen LogP) is 5.02. The van der Waals surface area contributed by atoms with Gasteiger partial charge >= 0.3 is 0 Å². The van der Waals surface area contributed by atoms with Crippen molar-refractivity contribution in [3.8, 4) is 33.9 Å². The van der Waals surface area contributed by atoms with Gasteiger partial charge in [0.2, 0.25) is 5.69 Å². The largest absolute Gasteiger partial charge is 0.497 e. The SMILES string of the molecule is COc1cc(OC)c2c[n+](C)c(-c3ccccc3)c(-c3ccccc3)c2c1. The molecule has 134 valence electrons. The smallest absolute Gasteiger partial charge is 0.220 e. The van der Waals surface area contributed by atoms with Crippen molar-refractivity contribution < 1.29 is 14.0 Å². The normalized spacial score (nSPS) is 10.8. The van der Waals surface area contributed by atoms with Gasteiger partial charge in [0.15, 0.2) is 6.20 Å². The highest BCUT2D eigenvalue weighted by molar-refractivity contribution is 6.04. The zero-order chi connectivity index (χ0) is 18.8. The Hall–Kier alpha value is -3.33. The molecule has 0 saturated heterocycles. The van der Waals surface area contributed by atoms with E-state index in [-0.39, 0.29) is 0 Å². The van der Waals surface area contributed by atoms with Crippen LogP contribution in [0.1, 0.15) is 0 Å². The van der Waals surface area contributed by atoms with E-state index in [0.29, 0.717) is 0 Å². The van der Waals surface area contributed by atoms with Crippen molar-refractivity contribution in [2.75, 3.05) is 14.2 Å². The fourth-order valence-electron chi connectivity index (χ4n) is 3.63. The minimum absolute atomic E-state index is 0.782. The summed E-state index contributed by atoms with van der Waals surface area (Å²) in [5.74, 6) is 1.58. The van der Waals surface area contributed by atoms with Crippen molar-refractivity contribution in [3.63, 3.8) is 0 Å². The van der Waals surface area contributed by atoms with Crippen molar-refractivity contribution in [1.82, 2.24) is 0 Å². The molecule has 0 atom stereocenters. The Labute approximate surface area is 159 Å². The van der Waals surface area contributed by atoms with Crippen molar-refractivity contribution in [3.05, 3.63) is 79.0 Å². The van der Waals surface area contributed by atoms with Gasteiger partial charge in [-0.05, 0) is 23.8 Å². The summed E-state index contributed by atoms with van der Waals surface area (Å²) in [6.07, 6.45) is 2.13. The number of ether oxygens (including phenoxy) is 2. The highest BCUT2D eigenvalue weighted by Gasteiger charge is 2.23. The van der Waals surface area contributed by atoms with E-state index in [1.54, 1.807) is 14.2 Å². The van der Waals surface area contributed by atoms with Gasteiger partial charge in [0.1, 0.15) is 18.5 Å². The van der Waals surface area contributed by atoms with Crippen LogP contribution in [0.2, 0.25) is 0 Å². The number of pyridine rings is 1. The van der Waals surface area contributed by atoms with Crippen LogP contribution in [0.15, 0.2) is 79.0 Å². The lowest BCUT2D eigenvalue weighted by molar-refractivity contribution is -0.658. The maximum Gasteiger partial charge on any atom is 0.220 e. The molecule has 27 heavy (non-hydrogen) atoms. The fourth-order valence-corrected chi connectivity index (χ4v) is 3.63. The van der Waals surface area contributed by atoms with Crippen LogP contribution in [-0.4, -0.2) is 14.2 Å². The molecule has 0 saturated carbocycles. The first kappa shape index (κ1) is 17.1. The number of nitrogens with zero attached hydrogens (tertiary/aromatic N) is 1. The second-order valence-electron chi connectivity index (χ2n) is 6.49. The van der Waals surface area contributed by atoms with Gasteiger partial charge in [0.25, 0.3) is 0 Å². The summed E-state index contributed by atoms with van der Waals surface area (Å²) in [4.78, 5) is 0. The lowest BCUT2D eigenvalue weighted by atomic mass is 9.93. The summed E-state index contributed by atoms with van der Waals surface area (Å²) in [6.45, 7) is 0. The van der Waals surface area contributed by atoms with Gasteiger partial charge in [-0.15, -0.1) is 0 Å². The molecule has 0 radical (unpaired) electrons. The molecular weight excluding hydrogens is 334 g/mol. The maximum atomic E-state index is 5.67. The number of rotatable bonds is 4. The van der Waals surface area contributed by atoms with Crippen LogP contribution in [0.4, 0.5) is 0 Å². The molecule has 0 aliphatic rings. The molecule has 4 rings (SSSR count). The van der Waals surface area contributed by atoms with Crippen LogP contribution in [0.25, 0.3) is 33.2 Å². The predicted molar refractivity (Wildman–Crippen MR) is 109 cm³/mol. The number of fused-ring (bicyclic) bond motifs is 1. The van der Waals surface area contributed by atoms with Crippen molar-refractivity contribution in [2.45, 2.75) is 0 Å². The Morgan fingerprint density at radius 1 is 0.704 bits per heavy atom. The van der Waals surface area contributed by atoms with E-state index in [1.165, 1.54) is 11.1 Å². The second kappa shape index (κ2) is 7.12. The van der Waals surface area contributed by atoms with E-state index in [2.05, 4.69) is 72.4 Å². The molecule has 0 unspecified atom stereocenters. The summed E-state index contributed by atoms with van der Waals surface area (Å²) in [5.41, 5.74) is 4.65. The zero-order valence-corrected chi connectivity index (χ0v) is 15.8. The molecule has 3 aromatic carbocycles. The van der Waals surface area contributed by atoms with Crippen LogP contribution in [-0.2, 0) is 7.05 Å². The van der Waals surface area contributed by atoms with Gasteiger partial charge in [-0.3, -0.25) is 0 Å². The monoisotopic (exact) mass is 356 g/mol. The highest BCUT2D eigenvalue weighted by atomic mass is 16.5. The van der Waals surface area contributed by atoms with Crippen LogP contribution >= 0.6 is 0 Å². The van der Waals surface area contributed by atoms with Gasteiger partial charge < -0.3 is 9.47 Å². The van der Waals surface area contributed by atoms with Gasteiger partial charge in [-0.25, -0.2) is 0 Å². The van der Waals surface area contributed by atoms with Gasteiger partial charge in [-0.1, -0.05) is 48.5 Å². The topological polar surface area (TPSA) is 22.3 Å². The molecule has 0 aliphatic carbocycles. The standard InChI is InChI=1S/C24H22NO2/c1-25-16-21-20(14-19(26-2)15-22(21)27-3)23(17-10-6-4-7-11-17)24(25)18-12-8-5-9-13-18/h4-16H,1-3H3/q+1. The Morgan fingerprint density at radius 2 is 1.33 bits per heavy atom. The Morgan fingerprint density at radius 3 is 1.93 bits per heavy atom. The molecule has 4 aromatic rings. The lowest BCUT2D eigenvalue weighted by Crippen LogP contribution is -2.31. The first-order chi connectivity index (χ1) is 13.2. The quantitative estimate of drug-likeness (QED) is 0.479. The third kappa shape index (κ3) is 3.02. The third-order valence-corrected chi connectivity index (χ3v) is 4.86. The Balaban J connectivity index is 2.19. The van der Waals surface area contributed by atoms with Crippen molar-refractivity contribution in [2.24, 2.45) is 7.05 Å². The van der Waals surface area contributed by atoms with E-state index in [1.807, 2.05) is 18.2 Å². The summed E-state index contributed by atoms with van der Waals surface area (Å²) in [7, 11) is 5.46. The minimum atomic E-state index is 0.782. The first-order valence-corrected chi connectivity index (χ1v) is 8.92.